The van der Waals surface area contributed by atoms with Gasteiger partial charge >= 0.3 is 5.97 Å². The molecule has 2 nitrogen and oxygen atoms in total. The van der Waals surface area contributed by atoms with E-state index in [1.807, 2.05) is 30.3 Å². The van der Waals surface area contributed by atoms with Gasteiger partial charge in [-0.2, -0.15) is 0 Å². The Morgan fingerprint density at radius 1 is 1.16 bits per heavy atom. The van der Waals surface area contributed by atoms with Crippen LogP contribution in [0.25, 0.3) is 0 Å². The van der Waals surface area contributed by atoms with Crippen LogP contribution in [-0.4, -0.2) is 12.6 Å². The molecule has 0 radical (unpaired) electrons. The van der Waals surface area contributed by atoms with Gasteiger partial charge in [0.15, 0.2) is 0 Å². The molecule has 96 valence electrons. The number of hydrogen-bond acceptors (Lipinski definition) is 2. The topological polar surface area (TPSA) is 26.3 Å². The van der Waals surface area contributed by atoms with Crippen molar-refractivity contribution in [2.45, 2.75) is 6.42 Å². The van der Waals surface area contributed by atoms with Crippen LogP contribution in [0.4, 0.5) is 0 Å². The molecule has 0 N–H and O–H groups in total. The molecule has 6 bridgehead atoms. The smallest absolute Gasteiger partial charge is 0.338 e. The molecule has 5 aliphatic carbocycles. The van der Waals surface area contributed by atoms with Crippen molar-refractivity contribution < 1.29 is 9.53 Å². The van der Waals surface area contributed by atoms with Gasteiger partial charge in [-0.25, -0.2) is 4.79 Å². The lowest BCUT2D eigenvalue weighted by Gasteiger charge is -2.14. The average Bonchev–Trinajstić information content (AvgIpc) is 2.80. The van der Waals surface area contributed by atoms with Gasteiger partial charge in [-0.1, -0.05) is 24.3 Å². The fraction of sp³-hybridized carbons (Fsp3) is 0.471. The molecule has 0 aromatic heterocycles. The Hall–Kier alpha value is -1.57. The zero-order chi connectivity index (χ0) is 12.6. The molecule has 2 heteroatoms. The van der Waals surface area contributed by atoms with Crippen molar-refractivity contribution in [1.82, 2.24) is 0 Å². The van der Waals surface area contributed by atoms with Crippen LogP contribution in [0.1, 0.15) is 16.8 Å². The van der Waals surface area contributed by atoms with E-state index in [1.54, 1.807) is 0 Å². The predicted molar refractivity (Wildman–Crippen MR) is 70.4 cm³/mol. The summed E-state index contributed by atoms with van der Waals surface area (Å²) in [6.45, 7) is 0.515. The Balaban J connectivity index is 1.29. The van der Waals surface area contributed by atoms with E-state index >= 15 is 0 Å². The van der Waals surface area contributed by atoms with Crippen molar-refractivity contribution in [2.24, 2.45) is 35.5 Å². The van der Waals surface area contributed by atoms with Gasteiger partial charge in [0.25, 0.3) is 0 Å². The first-order valence-corrected chi connectivity index (χ1v) is 7.27. The van der Waals surface area contributed by atoms with Gasteiger partial charge in [-0.05, 0) is 59.6 Å². The zero-order valence-corrected chi connectivity index (χ0v) is 10.7. The lowest BCUT2D eigenvalue weighted by molar-refractivity contribution is 0.0530. The van der Waals surface area contributed by atoms with Crippen LogP contribution in [0, 0.1) is 35.5 Å². The fourth-order valence-corrected chi connectivity index (χ4v) is 5.28. The molecule has 5 aliphatic rings. The van der Waals surface area contributed by atoms with Crippen LogP contribution in [0.3, 0.4) is 0 Å². The van der Waals surface area contributed by atoms with Crippen LogP contribution in [0.2, 0.25) is 0 Å². The molecule has 0 amide bonds. The zero-order valence-electron chi connectivity index (χ0n) is 10.7. The Labute approximate surface area is 112 Å². The summed E-state index contributed by atoms with van der Waals surface area (Å²) in [6.07, 6.45) is 3.87. The average molecular weight is 252 g/mol. The maximum absolute atomic E-state index is 11.9. The lowest BCUT2D eigenvalue weighted by atomic mass is 9.95. The first kappa shape index (κ1) is 10.2. The molecule has 1 aromatic carbocycles. The van der Waals surface area contributed by atoms with Gasteiger partial charge in [0.2, 0.25) is 0 Å². The molecular weight excluding hydrogens is 236 g/mol. The van der Waals surface area contributed by atoms with E-state index in [9.17, 15) is 4.79 Å². The highest BCUT2D eigenvalue weighted by molar-refractivity contribution is 5.89. The summed E-state index contributed by atoms with van der Waals surface area (Å²) in [4.78, 5) is 11.9. The minimum absolute atomic E-state index is 0.191. The van der Waals surface area contributed by atoms with E-state index in [1.165, 1.54) is 12.0 Å². The number of carbonyl (C=O) groups excluding carboxylic acids is 1. The van der Waals surface area contributed by atoms with E-state index in [-0.39, 0.29) is 5.97 Å². The number of esters is 1. The molecular formula is C17H16O2. The van der Waals surface area contributed by atoms with E-state index in [0.29, 0.717) is 12.2 Å². The highest BCUT2D eigenvalue weighted by atomic mass is 16.5. The van der Waals surface area contributed by atoms with E-state index in [2.05, 4.69) is 6.08 Å². The Bertz CT molecular complexity index is 589. The van der Waals surface area contributed by atoms with Crippen LogP contribution >= 0.6 is 0 Å². The molecule has 6 atom stereocenters. The van der Waals surface area contributed by atoms with Crippen molar-refractivity contribution >= 4 is 5.97 Å². The molecule has 6 unspecified atom stereocenters. The molecule has 0 saturated heterocycles. The largest absolute Gasteiger partial charge is 0.458 e. The highest BCUT2D eigenvalue weighted by Gasteiger charge is 2.75. The first-order valence-electron chi connectivity index (χ1n) is 7.27. The SMILES string of the molecule is O=C(OCC1=CC2C3CC4C2C4C13)c1ccccc1. The maximum atomic E-state index is 11.9. The molecule has 0 aliphatic heterocycles. The Kier molecular flexibility index (Phi) is 1.78. The molecule has 19 heavy (non-hydrogen) atoms. The van der Waals surface area contributed by atoms with E-state index < -0.39 is 0 Å². The minimum atomic E-state index is -0.191. The number of allylic oxidation sites excluding steroid dienone is 1. The third-order valence-electron chi connectivity index (χ3n) is 5.87. The maximum Gasteiger partial charge on any atom is 0.338 e. The van der Waals surface area contributed by atoms with Gasteiger partial charge in [-0.15, -0.1) is 0 Å². The van der Waals surface area contributed by atoms with Crippen LogP contribution in [0.5, 0.6) is 0 Å². The molecule has 6 rings (SSSR count). The Morgan fingerprint density at radius 2 is 2.00 bits per heavy atom. The van der Waals surface area contributed by atoms with Crippen molar-refractivity contribution in [1.29, 1.82) is 0 Å². The fourth-order valence-electron chi connectivity index (χ4n) is 5.28. The third-order valence-corrected chi connectivity index (χ3v) is 5.87. The number of hydrogen-bond donors (Lipinski definition) is 0. The number of ether oxygens (including phenoxy) is 1. The van der Waals surface area contributed by atoms with Gasteiger partial charge in [0, 0.05) is 0 Å². The van der Waals surface area contributed by atoms with Crippen LogP contribution in [-0.2, 0) is 4.74 Å². The summed E-state index contributed by atoms with van der Waals surface area (Å²) in [5.41, 5.74) is 2.07. The summed E-state index contributed by atoms with van der Waals surface area (Å²) in [7, 11) is 0. The summed E-state index contributed by atoms with van der Waals surface area (Å²) in [6, 6.07) is 9.28. The first-order chi connectivity index (χ1) is 9.34. The number of carbonyl (C=O) groups is 1. The van der Waals surface area contributed by atoms with Crippen LogP contribution < -0.4 is 0 Å². The van der Waals surface area contributed by atoms with Crippen molar-refractivity contribution in [3.8, 4) is 0 Å². The van der Waals surface area contributed by atoms with Crippen molar-refractivity contribution in [3.05, 3.63) is 47.5 Å². The monoisotopic (exact) mass is 252 g/mol. The van der Waals surface area contributed by atoms with Gasteiger partial charge in [0.05, 0.1) is 5.56 Å². The molecule has 4 saturated carbocycles. The van der Waals surface area contributed by atoms with Crippen molar-refractivity contribution in [2.75, 3.05) is 6.61 Å². The van der Waals surface area contributed by atoms with Crippen molar-refractivity contribution in [3.63, 3.8) is 0 Å². The second-order valence-electron chi connectivity index (χ2n) is 6.50. The number of benzene rings is 1. The lowest BCUT2D eigenvalue weighted by Crippen LogP contribution is -2.13. The highest BCUT2D eigenvalue weighted by Crippen LogP contribution is 2.80. The molecule has 0 spiro atoms. The predicted octanol–water partition coefficient (Wildman–Crippen LogP) is 2.91. The second-order valence-corrected chi connectivity index (χ2v) is 6.50. The third kappa shape index (κ3) is 1.20. The van der Waals surface area contributed by atoms with E-state index in [0.717, 1.165) is 35.5 Å². The van der Waals surface area contributed by atoms with Gasteiger partial charge in [0.1, 0.15) is 6.61 Å². The second kappa shape index (κ2) is 3.30. The van der Waals surface area contributed by atoms with Gasteiger partial charge in [-0.3, -0.25) is 0 Å². The quantitative estimate of drug-likeness (QED) is 0.610. The summed E-state index contributed by atoms with van der Waals surface area (Å²) in [5.74, 6) is 5.33. The molecule has 1 aromatic rings. The summed E-state index contributed by atoms with van der Waals surface area (Å²) >= 11 is 0. The standard InChI is InChI=1S/C17H16O2/c18-17(9-4-2-1-3-5-9)19-8-10-6-11-12-7-13-15(11)16(13)14(10)12/h1-6,11-16H,7-8H2. The summed E-state index contributed by atoms with van der Waals surface area (Å²) in [5, 5.41) is 0. The minimum Gasteiger partial charge on any atom is -0.458 e. The number of rotatable bonds is 3. The van der Waals surface area contributed by atoms with Crippen LogP contribution in [0.15, 0.2) is 42.0 Å². The molecule has 0 heterocycles. The normalized spacial score (nSPS) is 43.3. The van der Waals surface area contributed by atoms with Gasteiger partial charge < -0.3 is 4.74 Å². The summed E-state index contributed by atoms with van der Waals surface area (Å²) < 4.78 is 5.49. The Morgan fingerprint density at radius 3 is 2.68 bits per heavy atom. The van der Waals surface area contributed by atoms with E-state index in [4.69, 9.17) is 4.74 Å². The molecule has 4 fully saturated rings.